The number of pyridine rings is 1. The van der Waals surface area contributed by atoms with Crippen molar-refractivity contribution in [1.82, 2.24) is 10.3 Å². The summed E-state index contributed by atoms with van der Waals surface area (Å²) in [6, 6.07) is 6.16. The largest absolute Gasteiger partial charge is 0.497 e. The Balaban J connectivity index is 2.15. The Morgan fingerprint density at radius 1 is 1.22 bits per heavy atom. The van der Waals surface area contributed by atoms with Gasteiger partial charge in [-0.1, -0.05) is 0 Å². The van der Waals surface area contributed by atoms with E-state index in [1.165, 1.54) is 11.8 Å². The number of thioether (sulfide) groups is 1. The summed E-state index contributed by atoms with van der Waals surface area (Å²) in [5, 5.41) is 21.2. The van der Waals surface area contributed by atoms with E-state index in [9.17, 15) is 19.5 Å². The van der Waals surface area contributed by atoms with E-state index in [4.69, 9.17) is 9.84 Å². The Bertz CT molecular complexity index is 870. The summed E-state index contributed by atoms with van der Waals surface area (Å²) in [7, 11) is 1.56. The molecule has 2 aromatic rings. The minimum absolute atomic E-state index is 0.0872. The molecule has 0 aliphatic heterocycles. The van der Waals surface area contributed by atoms with Gasteiger partial charge in [-0.25, -0.2) is 4.79 Å². The van der Waals surface area contributed by atoms with Crippen molar-refractivity contribution in [2.75, 3.05) is 12.9 Å². The summed E-state index contributed by atoms with van der Waals surface area (Å²) < 4.78 is 5.23. The lowest BCUT2D eigenvalue weighted by Crippen LogP contribution is -2.42. The number of carboxylic acid groups (broad SMARTS) is 2. The van der Waals surface area contributed by atoms with E-state index in [0.717, 1.165) is 21.5 Å². The highest BCUT2D eigenvalue weighted by molar-refractivity contribution is 7.99. The van der Waals surface area contributed by atoms with Gasteiger partial charge in [0.05, 0.1) is 19.0 Å². The highest BCUT2D eigenvalue weighted by Crippen LogP contribution is 2.31. The number of carboxylic acids is 2. The molecule has 9 heteroatoms. The molecule has 2 rings (SSSR count). The van der Waals surface area contributed by atoms with E-state index in [0.29, 0.717) is 5.75 Å². The number of benzene rings is 1. The first kappa shape index (κ1) is 20.5. The van der Waals surface area contributed by atoms with Crippen LogP contribution in [0.4, 0.5) is 0 Å². The maximum Gasteiger partial charge on any atom is 0.327 e. The van der Waals surface area contributed by atoms with E-state index in [2.05, 4.69) is 10.3 Å². The number of carbonyl (C=O) groups excluding carboxylic acids is 1. The number of aliphatic carboxylic acids is 2. The third-order valence-corrected chi connectivity index (χ3v) is 4.86. The van der Waals surface area contributed by atoms with E-state index in [1.54, 1.807) is 13.2 Å². The monoisotopic (exact) mass is 392 g/mol. The van der Waals surface area contributed by atoms with Crippen molar-refractivity contribution < 1.29 is 29.3 Å². The molecule has 1 heterocycles. The molecule has 1 atom stereocenters. The number of aryl methyl sites for hydroxylation is 1. The lowest BCUT2D eigenvalue weighted by molar-refractivity contribution is -0.141. The minimum Gasteiger partial charge on any atom is -0.497 e. The molecular weight excluding hydrogens is 372 g/mol. The van der Waals surface area contributed by atoms with Crippen molar-refractivity contribution in [3.8, 4) is 5.75 Å². The zero-order chi connectivity index (χ0) is 20.0. The first-order chi connectivity index (χ1) is 12.8. The number of fused-ring (bicyclic) bond motifs is 1. The smallest absolute Gasteiger partial charge is 0.327 e. The van der Waals surface area contributed by atoms with Crippen LogP contribution in [0, 0.1) is 6.92 Å². The van der Waals surface area contributed by atoms with Gasteiger partial charge in [-0.15, -0.1) is 11.8 Å². The number of aromatic nitrogens is 1. The van der Waals surface area contributed by atoms with E-state index < -0.39 is 23.9 Å². The van der Waals surface area contributed by atoms with Crippen molar-refractivity contribution in [2.24, 2.45) is 0 Å². The van der Waals surface area contributed by atoms with Crippen LogP contribution in [0.15, 0.2) is 29.2 Å². The van der Waals surface area contributed by atoms with Gasteiger partial charge in [-0.2, -0.15) is 0 Å². The molecule has 0 unspecified atom stereocenters. The van der Waals surface area contributed by atoms with Crippen LogP contribution in [0.5, 0.6) is 5.75 Å². The average molecular weight is 392 g/mol. The van der Waals surface area contributed by atoms with Gasteiger partial charge in [-0.05, 0) is 31.2 Å². The first-order valence-electron chi connectivity index (χ1n) is 8.12. The molecule has 0 aliphatic carbocycles. The summed E-state index contributed by atoms with van der Waals surface area (Å²) in [5.41, 5.74) is 1.54. The quantitative estimate of drug-likeness (QED) is 0.554. The second kappa shape index (κ2) is 9.22. The first-order valence-corrected chi connectivity index (χ1v) is 9.11. The van der Waals surface area contributed by atoms with Crippen LogP contribution in [0.3, 0.4) is 0 Å². The Hall–Kier alpha value is -2.81. The molecule has 27 heavy (non-hydrogen) atoms. The Morgan fingerprint density at radius 3 is 2.59 bits per heavy atom. The summed E-state index contributed by atoms with van der Waals surface area (Å²) in [4.78, 5) is 39.0. The fourth-order valence-corrected chi connectivity index (χ4v) is 3.53. The zero-order valence-corrected chi connectivity index (χ0v) is 15.7. The average Bonchev–Trinajstić information content (AvgIpc) is 2.62. The Kier molecular flexibility index (Phi) is 7.00. The molecule has 0 aliphatic rings. The standard InChI is InChI=1S/C18H20N2O6S/c1-10-7-15(12-8-11(26-2)3-4-13(12)19-10)27-9-14(18(24)25)20-16(21)5-6-17(22)23/h3-4,7-8,14H,5-6,9H2,1-2H3,(H,20,21)(H,22,23)(H,24,25)/t14-/m1/s1. The maximum atomic E-state index is 11.8. The number of nitrogens with zero attached hydrogens (tertiary/aromatic N) is 1. The second-order valence-corrected chi connectivity index (χ2v) is 6.87. The van der Waals surface area contributed by atoms with Crippen molar-refractivity contribution >= 4 is 40.5 Å². The van der Waals surface area contributed by atoms with Crippen LogP contribution in [0.2, 0.25) is 0 Å². The van der Waals surface area contributed by atoms with Crippen LogP contribution in [0.25, 0.3) is 10.9 Å². The highest BCUT2D eigenvalue weighted by atomic mass is 32.2. The lowest BCUT2D eigenvalue weighted by Gasteiger charge is -2.15. The number of methoxy groups -OCH3 is 1. The van der Waals surface area contributed by atoms with Gasteiger partial charge in [0.25, 0.3) is 0 Å². The van der Waals surface area contributed by atoms with Gasteiger partial charge in [-0.3, -0.25) is 14.6 Å². The molecule has 0 radical (unpaired) electrons. The summed E-state index contributed by atoms with van der Waals surface area (Å²) in [6.45, 7) is 1.84. The number of amides is 1. The molecule has 0 saturated carbocycles. The van der Waals surface area contributed by atoms with Gasteiger partial charge in [0, 0.05) is 28.1 Å². The molecule has 144 valence electrons. The predicted octanol–water partition coefficient (Wildman–Crippen LogP) is 2.08. The topological polar surface area (TPSA) is 126 Å². The molecule has 1 aromatic carbocycles. The molecule has 1 aromatic heterocycles. The zero-order valence-electron chi connectivity index (χ0n) is 14.9. The molecule has 0 spiro atoms. The molecular formula is C18H20N2O6S. The van der Waals surface area contributed by atoms with Crippen molar-refractivity contribution in [1.29, 1.82) is 0 Å². The third kappa shape index (κ3) is 5.85. The minimum atomic E-state index is -1.18. The molecule has 0 fully saturated rings. The fourth-order valence-electron chi connectivity index (χ4n) is 2.38. The van der Waals surface area contributed by atoms with E-state index in [-0.39, 0.29) is 18.6 Å². The molecule has 8 nitrogen and oxygen atoms in total. The highest BCUT2D eigenvalue weighted by Gasteiger charge is 2.21. The number of ether oxygens (including phenoxy) is 1. The molecule has 0 bridgehead atoms. The van der Waals surface area contributed by atoms with E-state index >= 15 is 0 Å². The number of nitrogens with one attached hydrogen (secondary N) is 1. The molecule has 0 saturated heterocycles. The Morgan fingerprint density at radius 2 is 1.96 bits per heavy atom. The van der Waals surface area contributed by atoms with Gasteiger partial charge < -0.3 is 20.3 Å². The van der Waals surface area contributed by atoms with Crippen molar-refractivity contribution in [3.05, 3.63) is 30.0 Å². The second-order valence-electron chi connectivity index (χ2n) is 5.81. The number of carbonyl (C=O) groups is 3. The predicted molar refractivity (Wildman–Crippen MR) is 100 cm³/mol. The van der Waals surface area contributed by atoms with Crippen LogP contribution in [-0.4, -0.2) is 51.9 Å². The van der Waals surface area contributed by atoms with Crippen molar-refractivity contribution in [3.63, 3.8) is 0 Å². The lowest BCUT2D eigenvalue weighted by atomic mass is 10.2. The van der Waals surface area contributed by atoms with Crippen molar-refractivity contribution in [2.45, 2.75) is 30.7 Å². The number of rotatable bonds is 9. The number of hydrogen-bond donors (Lipinski definition) is 3. The van der Waals surface area contributed by atoms with Crippen LogP contribution in [0.1, 0.15) is 18.5 Å². The Labute approximate surface area is 159 Å². The van der Waals surface area contributed by atoms with Gasteiger partial charge >= 0.3 is 11.9 Å². The summed E-state index contributed by atoms with van der Waals surface area (Å²) in [6.07, 6.45) is -0.614. The van der Waals surface area contributed by atoms with Crippen LogP contribution in [-0.2, 0) is 14.4 Å². The van der Waals surface area contributed by atoms with Crippen LogP contribution < -0.4 is 10.1 Å². The third-order valence-electron chi connectivity index (χ3n) is 3.71. The van der Waals surface area contributed by atoms with Gasteiger partial charge in [0.1, 0.15) is 11.8 Å². The molecule has 1 amide bonds. The van der Waals surface area contributed by atoms with Gasteiger partial charge in [0.15, 0.2) is 0 Å². The summed E-state index contributed by atoms with van der Waals surface area (Å²) in [5.74, 6) is -2.16. The van der Waals surface area contributed by atoms with Crippen LogP contribution >= 0.6 is 11.8 Å². The SMILES string of the molecule is COc1ccc2nc(C)cc(SC[C@@H](NC(=O)CCC(=O)O)C(=O)O)c2c1. The van der Waals surface area contributed by atoms with E-state index in [1.807, 2.05) is 25.1 Å². The van der Waals surface area contributed by atoms with Gasteiger partial charge in [0.2, 0.25) is 5.91 Å². The molecule has 3 N–H and O–H groups in total. The maximum absolute atomic E-state index is 11.8. The summed E-state index contributed by atoms with van der Waals surface area (Å²) >= 11 is 1.28. The number of hydrogen-bond acceptors (Lipinski definition) is 6. The fraction of sp³-hybridized carbons (Fsp3) is 0.333. The normalized spacial score (nSPS) is 11.8.